The maximum atomic E-state index is 11.3. The van der Waals surface area contributed by atoms with Crippen molar-refractivity contribution in [1.29, 1.82) is 5.26 Å². The Morgan fingerprint density at radius 2 is 2.15 bits per heavy atom. The molecule has 0 fully saturated rings. The Bertz CT molecular complexity index is 509. The average molecular weight is 279 g/mol. The summed E-state index contributed by atoms with van der Waals surface area (Å²) < 4.78 is 9.78. The Morgan fingerprint density at radius 3 is 2.70 bits per heavy atom. The fraction of sp³-hybridized carbons (Fsp3) is 0.429. The van der Waals surface area contributed by atoms with E-state index in [-0.39, 0.29) is 18.6 Å². The number of benzene rings is 1. The highest BCUT2D eigenvalue weighted by molar-refractivity contribution is 5.70. The number of nitriles is 1. The average Bonchev–Trinajstić information content (AvgIpc) is 2.45. The molecule has 1 aromatic rings. The normalized spacial score (nSPS) is 13.2. The monoisotopic (exact) mass is 279 g/mol. The molecule has 0 spiro atoms. The number of carbonyl (C=O) groups excluding carboxylic acids is 1. The molecule has 0 aliphatic carbocycles. The first-order chi connectivity index (χ1) is 9.53. The minimum Gasteiger partial charge on any atom is -0.496 e. The highest BCUT2D eigenvalue weighted by Gasteiger charge is 2.25. The number of aliphatic hydroxyl groups excluding tert-OH is 2. The number of hydrogen-bond donors (Lipinski definition) is 2. The maximum absolute atomic E-state index is 11.3. The lowest BCUT2D eigenvalue weighted by Crippen LogP contribution is -2.23. The number of ether oxygens (including phenoxy) is 2. The van der Waals surface area contributed by atoms with Crippen LogP contribution in [-0.2, 0) is 9.53 Å². The fourth-order valence-electron chi connectivity index (χ4n) is 1.74. The standard InChI is InChI=1S/C14H17NO5/c1-3-20-13(17)7-11(16)14(18)10-6-9(8-15)4-5-12(10)19-2/h4-6,11,14,16,18H,3,7H2,1-2H3. The van der Waals surface area contributed by atoms with E-state index < -0.39 is 18.2 Å². The summed E-state index contributed by atoms with van der Waals surface area (Å²) in [5.41, 5.74) is 0.575. The van der Waals surface area contributed by atoms with Crippen molar-refractivity contribution < 1.29 is 24.5 Å². The second-order valence-electron chi connectivity index (χ2n) is 4.09. The zero-order chi connectivity index (χ0) is 15.1. The first-order valence-corrected chi connectivity index (χ1v) is 6.13. The van der Waals surface area contributed by atoms with Gasteiger partial charge in [-0.1, -0.05) is 0 Å². The van der Waals surface area contributed by atoms with Gasteiger partial charge in [-0.15, -0.1) is 0 Å². The Morgan fingerprint density at radius 1 is 1.45 bits per heavy atom. The van der Waals surface area contributed by atoms with E-state index in [1.807, 2.05) is 6.07 Å². The smallest absolute Gasteiger partial charge is 0.308 e. The third-order valence-corrected chi connectivity index (χ3v) is 2.72. The van der Waals surface area contributed by atoms with Crippen molar-refractivity contribution in [3.05, 3.63) is 29.3 Å². The molecular weight excluding hydrogens is 262 g/mol. The maximum Gasteiger partial charge on any atom is 0.308 e. The number of nitrogens with zero attached hydrogens (tertiary/aromatic N) is 1. The highest BCUT2D eigenvalue weighted by Crippen LogP contribution is 2.29. The number of aliphatic hydroxyl groups is 2. The molecule has 1 rings (SSSR count). The molecule has 0 saturated carbocycles. The second-order valence-corrected chi connectivity index (χ2v) is 4.09. The molecule has 6 nitrogen and oxygen atoms in total. The molecule has 0 aliphatic rings. The van der Waals surface area contributed by atoms with E-state index in [2.05, 4.69) is 0 Å². The summed E-state index contributed by atoms with van der Waals surface area (Å²) >= 11 is 0. The Labute approximate surface area is 117 Å². The molecule has 20 heavy (non-hydrogen) atoms. The molecule has 0 aromatic heterocycles. The van der Waals surface area contributed by atoms with Gasteiger partial charge in [-0.2, -0.15) is 5.26 Å². The molecule has 2 atom stereocenters. The molecule has 0 radical (unpaired) electrons. The van der Waals surface area contributed by atoms with Crippen molar-refractivity contribution in [2.75, 3.05) is 13.7 Å². The lowest BCUT2D eigenvalue weighted by Gasteiger charge is -2.19. The van der Waals surface area contributed by atoms with E-state index in [0.717, 1.165) is 0 Å². The van der Waals surface area contributed by atoms with Gasteiger partial charge < -0.3 is 19.7 Å². The summed E-state index contributed by atoms with van der Waals surface area (Å²) in [6, 6.07) is 6.40. The first kappa shape index (κ1) is 16.0. The van der Waals surface area contributed by atoms with E-state index in [0.29, 0.717) is 11.3 Å². The van der Waals surface area contributed by atoms with Gasteiger partial charge in [-0.25, -0.2) is 0 Å². The summed E-state index contributed by atoms with van der Waals surface area (Å²) in [6.07, 6.45) is -3.02. The second kappa shape index (κ2) is 7.48. The van der Waals surface area contributed by atoms with E-state index in [1.165, 1.54) is 25.3 Å². The third kappa shape index (κ3) is 3.95. The molecule has 0 saturated heterocycles. The van der Waals surface area contributed by atoms with Gasteiger partial charge >= 0.3 is 5.97 Å². The number of methoxy groups -OCH3 is 1. The lowest BCUT2D eigenvalue weighted by molar-refractivity contribution is -0.147. The van der Waals surface area contributed by atoms with Gasteiger partial charge in [0.1, 0.15) is 11.9 Å². The summed E-state index contributed by atoms with van der Waals surface area (Å²) in [5.74, 6) is -0.270. The summed E-state index contributed by atoms with van der Waals surface area (Å²) in [7, 11) is 1.41. The summed E-state index contributed by atoms with van der Waals surface area (Å²) in [6.45, 7) is 1.86. The minimum atomic E-state index is -1.34. The third-order valence-electron chi connectivity index (χ3n) is 2.72. The van der Waals surface area contributed by atoms with E-state index in [4.69, 9.17) is 14.7 Å². The van der Waals surface area contributed by atoms with E-state index >= 15 is 0 Å². The van der Waals surface area contributed by atoms with Crippen LogP contribution in [0.5, 0.6) is 5.75 Å². The van der Waals surface area contributed by atoms with Crippen molar-refractivity contribution in [3.63, 3.8) is 0 Å². The van der Waals surface area contributed by atoms with Crippen LogP contribution in [-0.4, -0.2) is 36.0 Å². The van der Waals surface area contributed by atoms with Crippen LogP contribution in [0.2, 0.25) is 0 Å². The largest absolute Gasteiger partial charge is 0.496 e. The van der Waals surface area contributed by atoms with Gasteiger partial charge in [0.25, 0.3) is 0 Å². The topological polar surface area (TPSA) is 99.8 Å². The number of carbonyl (C=O) groups is 1. The van der Waals surface area contributed by atoms with Gasteiger partial charge in [-0.05, 0) is 25.1 Å². The molecule has 2 unspecified atom stereocenters. The molecule has 0 aliphatic heterocycles. The number of hydrogen-bond acceptors (Lipinski definition) is 6. The van der Waals surface area contributed by atoms with Crippen LogP contribution in [0.1, 0.15) is 30.6 Å². The SMILES string of the molecule is CCOC(=O)CC(O)C(O)c1cc(C#N)ccc1OC. The molecule has 2 N–H and O–H groups in total. The van der Waals surface area contributed by atoms with Crippen LogP contribution in [0.25, 0.3) is 0 Å². The molecule has 6 heteroatoms. The van der Waals surface area contributed by atoms with Crippen molar-refractivity contribution in [1.82, 2.24) is 0 Å². The van der Waals surface area contributed by atoms with Gasteiger partial charge in [0.05, 0.1) is 37.9 Å². The molecule has 0 amide bonds. The molecule has 0 heterocycles. The highest BCUT2D eigenvalue weighted by atomic mass is 16.5. The van der Waals surface area contributed by atoms with Gasteiger partial charge in [-0.3, -0.25) is 4.79 Å². The Balaban J connectivity index is 2.92. The first-order valence-electron chi connectivity index (χ1n) is 6.13. The van der Waals surface area contributed by atoms with E-state index in [1.54, 1.807) is 6.92 Å². The van der Waals surface area contributed by atoms with Crippen LogP contribution in [0, 0.1) is 11.3 Å². The van der Waals surface area contributed by atoms with Crippen molar-refractivity contribution >= 4 is 5.97 Å². The quantitative estimate of drug-likeness (QED) is 0.751. The molecule has 0 bridgehead atoms. The van der Waals surface area contributed by atoms with Gasteiger partial charge in [0.15, 0.2) is 0 Å². The molecule has 108 valence electrons. The molecule has 1 aromatic carbocycles. The minimum absolute atomic E-state index is 0.203. The van der Waals surface area contributed by atoms with Crippen LogP contribution >= 0.6 is 0 Å². The Kier molecular flexibility index (Phi) is 5.97. The predicted molar refractivity (Wildman–Crippen MR) is 69.9 cm³/mol. The summed E-state index contributed by atoms with van der Waals surface area (Å²) in [4.78, 5) is 11.3. The Hall–Kier alpha value is -2.10. The lowest BCUT2D eigenvalue weighted by atomic mass is 9.99. The van der Waals surface area contributed by atoms with Crippen molar-refractivity contribution in [2.24, 2.45) is 0 Å². The van der Waals surface area contributed by atoms with Crippen LogP contribution < -0.4 is 4.74 Å². The fourth-order valence-corrected chi connectivity index (χ4v) is 1.74. The molecular formula is C14H17NO5. The summed E-state index contributed by atoms with van der Waals surface area (Å²) in [5, 5.41) is 28.8. The van der Waals surface area contributed by atoms with Crippen molar-refractivity contribution in [2.45, 2.75) is 25.6 Å². The number of esters is 1. The zero-order valence-corrected chi connectivity index (χ0v) is 11.4. The van der Waals surface area contributed by atoms with Crippen molar-refractivity contribution in [3.8, 4) is 11.8 Å². The van der Waals surface area contributed by atoms with E-state index in [9.17, 15) is 15.0 Å². The van der Waals surface area contributed by atoms with Crippen LogP contribution in [0.3, 0.4) is 0 Å². The van der Waals surface area contributed by atoms with Crippen LogP contribution in [0.4, 0.5) is 0 Å². The number of rotatable bonds is 6. The predicted octanol–water partition coefficient (Wildman–Crippen LogP) is 0.914. The van der Waals surface area contributed by atoms with Crippen LogP contribution in [0.15, 0.2) is 18.2 Å². The zero-order valence-electron chi connectivity index (χ0n) is 11.4. The van der Waals surface area contributed by atoms with Gasteiger partial charge in [0.2, 0.25) is 0 Å². The van der Waals surface area contributed by atoms with Gasteiger partial charge in [0, 0.05) is 5.56 Å².